The second-order valence-electron chi connectivity index (χ2n) is 3.65. The van der Waals surface area contributed by atoms with Crippen LogP contribution in [0.2, 0.25) is 15.3 Å². The van der Waals surface area contributed by atoms with Crippen molar-refractivity contribution in [3.63, 3.8) is 0 Å². The van der Waals surface area contributed by atoms with Crippen LogP contribution in [-0.2, 0) is 4.74 Å². The Hall–Kier alpha value is -1.50. The third-order valence-corrected chi connectivity index (χ3v) is 3.11. The van der Waals surface area contributed by atoms with Gasteiger partial charge in [-0.3, -0.25) is 0 Å². The minimum absolute atomic E-state index is 0.150. The van der Waals surface area contributed by atoms with Crippen molar-refractivity contribution in [1.29, 1.82) is 0 Å². The molecule has 2 heterocycles. The van der Waals surface area contributed by atoms with Crippen molar-refractivity contribution < 1.29 is 9.53 Å². The highest BCUT2D eigenvalue weighted by Gasteiger charge is 2.12. The van der Waals surface area contributed by atoms with Crippen molar-refractivity contribution in [2.24, 2.45) is 0 Å². The van der Waals surface area contributed by atoms with Crippen LogP contribution in [0.5, 0.6) is 0 Å². The van der Waals surface area contributed by atoms with Gasteiger partial charge in [-0.05, 0) is 18.2 Å². The molecule has 6 nitrogen and oxygen atoms in total. The van der Waals surface area contributed by atoms with Gasteiger partial charge in [-0.25, -0.2) is 4.79 Å². The van der Waals surface area contributed by atoms with Crippen LogP contribution < -0.4 is 5.32 Å². The van der Waals surface area contributed by atoms with Crippen LogP contribution in [-0.4, -0.2) is 34.3 Å². The molecule has 9 heteroatoms. The average Bonchev–Trinajstić information content (AvgIpc) is 2.77. The zero-order valence-corrected chi connectivity index (χ0v) is 12.3. The molecule has 0 atom stereocenters. The summed E-state index contributed by atoms with van der Waals surface area (Å²) in [7, 11) is 0. The number of carbonyl (C=O) groups excluding carboxylic acids is 1. The highest BCUT2D eigenvalue weighted by Crippen LogP contribution is 2.22. The molecule has 0 amide bonds. The normalized spacial score (nSPS) is 10.3. The standard InChI is InChI=1S/C11H9Cl3N4O2/c12-6-5-7(16-10(6)14)11(19)20-4-3-15-9-2-1-8(13)17-18-9/h1-2,5,16H,3-4H2,(H,15,18). The fraction of sp³-hybridized carbons (Fsp3) is 0.182. The van der Waals surface area contributed by atoms with Crippen molar-refractivity contribution in [3.05, 3.63) is 39.2 Å². The van der Waals surface area contributed by atoms with Crippen LogP contribution in [0.4, 0.5) is 5.82 Å². The minimum Gasteiger partial charge on any atom is -0.459 e. The summed E-state index contributed by atoms with van der Waals surface area (Å²) in [6.07, 6.45) is 0. The Morgan fingerprint density at radius 3 is 2.70 bits per heavy atom. The summed E-state index contributed by atoms with van der Waals surface area (Å²) in [5.41, 5.74) is 0.200. The van der Waals surface area contributed by atoms with Crippen molar-refractivity contribution in [2.45, 2.75) is 0 Å². The maximum Gasteiger partial charge on any atom is 0.354 e. The van der Waals surface area contributed by atoms with Gasteiger partial charge in [0.05, 0.1) is 11.6 Å². The Bertz CT molecular complexity index is 581. The largest absolute Gasteiger partial charge is 0.459 e. The monoisotopic (exact) mass is 334 g/mol. The van der Waals surface area contributed by atoms with Crippen molar-refractivity contribution in [2.75, 3.05) is 18.5 Å². The molecule has 0 unspecified atom stereocenters. The molecule has 0 bridgehead atoms. The minimum atomic E-state index is -0.539. The number of H-pyrrole nitrogens is 1. The molecular formula is C11H9Cl3N4O2. The van der Waals surface area contributed by atoms with E-state index in [1.54, 1.807) is 12.1 Å². The number of nitrogens with zero attached hydrogens (tertiary/aromatic N) is 2. The molecule has 106 valence electrons. The van der Waals surface area contributed by atoms with E-state index >= 15 is 0 Å². The average molecular weight is 336 g/mol. The first-order valence-electron chi connectivity index (χ1n) is 5.50. The van der Waals surface area contributed by atoms with E-state index in [4.69, 9.17) is 39.5 Å². The number of ether oxygens (including phenoxy) is 1. The van der Waals surface area contributed by atoms with Gasteiger partial charge in [0.1, 0.15) is 23.3 Å². The van der Waals surface area contributed by atoms with Crippen molar-refractivity contribution in [1.82, 2.24) is 15.2 Å². The topological polar surface area (TPSA) is 79.9 Å². The summed E-state index contributed by atoms with van der Waals surface area (Å²) >= 11 is 17.0. The number of anilines is 1. The molecule has 2 rings (SSSR count). The molecule has 0 radical (unpaired) electrons. The van der Waals surface area contributed by atoms with Crippen molar-refractivity contribution in [3.8, 4) is 0 Å². The van der Waals surface area contributed by atoms with E-state index < -0.39 is 5.97 Å². The highest BCUT2D eigenvalue weighted by molar-refractivity contribution is 6.41. The van der Waals surface area contributed by atoms with Gasteiger partial charge in [-0.1, -0.05) is 34.8 Å². The SMILES string of the molecule is O=C(OCCNc1ccc(Cl)nn1)c1cc(Cl)c(Cl)[nH]1. The Morgan fingerprint density at radius 1 is 1.30 bits per heavy atom. The zero-order valence-electron chi connectivity index (χ0n) is 9.99. The predicted molar refractivity (Wildman–Crippen MR) is 76.6 cm³/mol. The lowest BCUT2D eigenvalue weighted by molar-refractivity contribution is 0.0514. The fourth-order valence-corrected chi connectivity index (χ4v) is 1.74. The molecule has 0 aliphatic heterocycles. The second kappa shape index (κ2) is 6.78. The molecule has 0 saturated carbocycles. The number of rotatable bonds is 5. The first-order chi connectivity index (χ1) is 9.56. The first-order valence-corrected chi connectivity index (χ1v) is 6.64. The summed E-state index contributed by atoms with van der Waals surface area (Å²) in [6.45, 7) is 0.529. The van der Waals surface area contributed by atoms with Crippen LogP contribution in [0.3, 0.4) is 0 Å². The lowest BCUT2D eigenvalue weighted by Gasteiger charge is -2.05. The third-order valence-electron chi connectivity index (χ3n) is 2.22. The lowest BCUT2D eigenvalue weighted by atomic mass is 10.4. The Balaban J connectivity index is 1.75. The molecule has 0 fully saturated rings. The van der Waals surface area contributed by atoms with Crippen LogP contribution in [0, 0.1) is 0 Å². The molecule has 2 aromatic heterocycles. The smallest absolute Gasteiger partial charge is 0.354 e. The van der Waals surface area contributed by atoms with E-state index in [9.17, 15) is 4.79 Å². The number of aromatic nitrogens is 3. The van der Waals surface area contributed by atoms with Gasteiger partial charge < -0.3 is 15.0 Å². The van der Waals surface area contributed by atoms with Gasteiger partial charge in [0.25, 0.3) is 0 Å². The Labute approximate surface area is 129 Å². The van der Waals surface area contributed by atoms with Gasteiger partial charge in [0.2, 0.25) is 0 Å². The lowest BCUT2D eigenvalue weighted by Crippen LogP contribution is -2.14. The fourth-order valence-electron chi connectivity index (χ4n) is 1.32. The molecular weight excluding hydrogens is 327 g/mol. The number of halogens is 3. The van der Waals surface area contributed by atoms with Crippen LogP contribution in [0.15, 0.2) is 18.2 Å². The highest BCUT2D eigenvalue weighted by atomic mass is 35.5. The summed E-state index contributed by atoms with van der Waals surface area (Å²) < 4.78 is 5.02. The molecule has 0 aliphatic carbocycles. The summed E-state index contributed by atoms with van der Waals surface area (Å²) in [5.74, 6) is -0.000739. The Kier molecular flexibility index (Phi) is 5.05. The molecule has 2 N–H and O–H groups in total. The summed E-state index contributed by atoms with van der Waals surface area (Å²) in [5, 5.41) is 11.2. The molecule has 2 aromatic rings. The van der Waals surface area contributed by atoms with E-state index in [2.05, 4.69) is 20.5 Å². The second-order valence-corrected chi connectivity index (χ2v) is 4.82. The van der Waals surface area contributed by atoms with Gasteiger partial charge >= 0.3 is 5.97 Å². The van der Waals surface area contributed by atoms with E-state index in [-0.39, 0.29) is 22.5 Å². The molecule has 0 spiro atoms. The quantitative estimate of drug-likeness (QED) is 0.648. The molecule has 0 saturated heterocycles. The van der Waals surface area contributed by atoms with Gasteiger partial charge in [-0.2, -0.15) is 0 Å². The van der Waals surface area contributed by atoms with Crippen LogP contribution in [0.1, 0.15) is 10.5 Å². The Morgan fingerprint density at radius 2 is 2.10 bits per heavy atom. The predicted octanol–water partition coefficient (Wildman–Crippen LogP) is 3.03. The summed E-state index contributed by atoms with van der Waals surface area (Å²) in [6, 6.07) is 4.68. The van der Waals surface area contributed by atoms with Crippen LogP contribution in [0.25, 0.3) is 0 Å². The third kappa shape index (κ3) is 4.00. The van der Waals surface area contributed by atoms with Gasteiger partial charge in [-0.15, -0.1) is 10.2 Å². The number of esters is 1. The number of hydrogen-bond acceptors (Lipinski definition) is 5. The number of carbonyl (C=O) groups is 1. The maximum atomic E-state index is 11.6. The molecule has 0 aliphatic rings. The van der Waals surface area contributed by atoms with E-state index in [0.29, 0.717) is 17.5 Å². The summed E-state index contributed by atoms with van der Waals surface area (Å²) in [4.78, 5) is 14.2. The maximum absolute atomic E-state index is 11.6. The number of nitrogens with one attached hydrogen (secondary N) is 2. The van der Waals surface area contributed by atoms with Gasteiger partial charge in [0.15, 0.2) is 5.15 Å². The number of hydrogen-bond donors (Lipinski definition) is 2. The van der Waals surface area contributed by atoms with Crippen molar-refractivity contribution >= 4 is 46.6 Å². The first kappa shape index (κ1) is 14.9. The van der Waals surface area contributed by atoms with E-state index in [1.165, 1.54) is 6.07 Å². The van der Waals surface area contributed by atoms with Gasteiger partial charge in [0, 0.05) is 0 Å². The zero-order chi connectivity index (χ0) is 14.5. The number of aromatic amines is 1. The van der Waals surface area contributed by atoms with E-state index in [0.717, 1.165) is 0 Å². The molecule has 0 aromatic carbocycles. The van der Waals surface area contributed by atoms with E-state index in [1.807, 2.05) is 0 Å². The molecule has 20 heavy (non-hydrogen) atoms. The van der Waals surface area contributed by atoms with Crippen LogP contribution >= 0.6 is 34.8 Å².